The van der Waals surface area contributed by atoms with Gasteiger partial charge in [0.2, 0.25) is 11.9 Å². The first-order chi connectivity index (χ1) is 9.59. The van der Waals surface area contributed by atoms with Crippen molar-refractivity contribution in [2.45, 2.75) is 6.54 Å². The maximum atomic E-state index is 14.1. The number of hydrogen-bond donors (Lipinski definition) is 0. The molecule has 2 aromatic carbocycles. The monoisotopic (exact) mass is 279 g/mol. The highest BCUT2D eigenvalue weighted by molar-refractivity contribution is 5.84. The predicted molar refractivity (Wildman–Crippen MR) is 67.3 cm³/mol. The van der Waals surface area contributed by atoms with E-state index in [0.717, 1.165) is 12.1 Å². The molecule has 0 spiro atoms. The number of rotatable bonds is 2. The molecule has 0 saturated heterocycles. The first-order valence-corrected chi connectivity index (χ1v) is 5.94. The van der Waals surface area contributed by atoms with Gasteiger partial charge in [-0.25, -0.2) is 8.78 Å². The molecular formula is C15H9F4N. The molecule has 20 heavy (non-hydrogen) atoms. The summed E-state index contributed by atoms with van der Waals surface area (Å²) in [5.41, 5.74) is 0.659. The molecule has 102 valence electrons. The van der Waals surface area contributed by atoms with Crippen LogP contribution in [0.15, 0.2) is 42.5 Å². The summed E-state index contributed by atoms with van der Waals surface area (Å²) in [6.45, 7) is -0.0890. The van der Waals surface area contributed by atoms with Gasteiger partial charge in [0.05, 0.1) is 11.9 Å². The molecule has 0 amide bonds. The van der Waals surface area contributed by atoms with Crippen LogP contribution in [0.5, 0.6) is 0 Å². The van der Waals surface area contributed by atoms with Gasteiger partial charge in [-0.2, -0.15) is 8.78 Å². The van der Waals surface area contributed by atoms with Crippen LogP contribution in [-0.2, 0) is 6.54 Å². The van der Waals surface area contributed by atoms with Gasteiger partial charge in [-0.3, -0.25) is 4.57 Å². The summed E-state index contributed by atoms with van der Waals surface area (Å²) in [5, 5.41) is -0.921. The predicted octanol–water partition coefficient (Wildman–Crippen LogP) is 4.25. The van der Waals surface area contributed by atoms with E-state index in [1.54, 1.807) is 30.3 Å². The van der Waals surface area contributed by atoms with Crippen molar-refractivity contribution in [3.63, 3.8) is 0 Å². The lowest BCUT2D eigenvalue weighted by Gasteiger charge is -2.04. The van der Waals surface area contributed by atoms with Crippen LogP contribution in [0.4, 0.5) is 17.6 Å². The first-order valence-electron chi connectivity index (χ1n) is 5.94. The third kappa shape index (κ3) is 1.86. The lowest BCUT2D eigenvalue weighted by Crippen LogP contribution is -2.05. The number of halogens is 4. The van der Waals surface area contributed by atoms with Crippen molar-refractivity contribution in [1.82, 2.24) is 4.57 Å². The van der Waals surface area contributed by atoms with E-state index in [1.165, 1.54) is 0 Å². The van der Waals surface area contributed by atoms with E-state index < -0.39 is 28.9 Å². The largest absolute Gasteiger partial charge is 0.289 e. The number of fused-ring (bicyclic) bond motifs is 1. The molecule has 0 aliphatic heterocycles. The minimum Gasteiger partial charge on any atom is -0.289 e. The highest BCUT2D eigenvalue weighted by Crippen LogP contribution is 2.28. The average Bonchev–Trinajstić information content (AvgIpc) is 2.69. The standard InChI is InChI=1S/C15H9F4N/c16-11-7-6-10-12(13(11)17)15(19)20(14(10)18)8-9-4-2-1-3-5-9/h1-7H,8H2. The van der Waals surface area contributed by atoms with Crippen LogP contribution in [0, 0.1) is 23.5 Å². The molecular weight excluding hydrogens is 270 g/mol. The third-order valence-corrected chi connectivity index (χ3v) is 3.18. The molecule has 0 N–H and O–H groups in total. The lowest BCUT2D eigenvalue weighted by atomic mass is 10.2. The molecule has 0 atom stereocenters. The van der Waals surface area contributed by atoms with Crippen LogP contribution in [0.2, 0.25) is 0 Å². The highest BCUT2D eigenvalue weighted by Gasteiger charge is 2.22. The summed E-state index contributed by atoms with van der Waals surface area (Å²) in [4.78, 5) is 0. The van der Waals surface area contributed by atoms with Crippen molar-refractivity contribution in [3.05, 3.63) is 71.6 Å². The number of benzene rings is 2. The van der Waals surface area contributed by atoms with Gasteiger partial charge >= 0.3 is 0 Å². The van der Waals surface area contributed by atoms with Gasteiger partial charge in [-0.05, 0) is 17.7 Å². The van der Waals surface area contributed by atoms with Crippen molar-refractivity contribution in [2.24, 2.45) is 0 Å². The Hall–Kier alpha value is -2.30. The van der Waals surface area contributed by atoms with Crippen molar-refractivity contribution in [1.29, 1.82) is 0 Å². The van der Waals surface area contributed by atoms with Crippen LogP contribution >= 0.6 is 0 Å². The van der Waals surface area contributed by atoms with Gasteiger partial charge in [-0.15, -0.1) is 0 Å². The maximum absolute atomic E-state index is 14.1. The SMILES string of the molecule is Fc1ccc2c(F)n(Cc3ccccc3)c(F)c2c1F. The van der Waals surface area contributed by atoms with Crippen LogP contribution in [0.3, 0.4) is 0 Å². The molecule has 0 aliphatic rings. The van der Waals surface area contributed by atoms with E-state index in [0.29, 0.717) is 10.1 Å². The zero-order valence-electron chi connectivity index (χ0n) is 10.2. The molecule has 1 heterocycles. The fourth-order valence-corrected chi connectivity index (χ4v) is 2.20. The van der Waals surface area contributed by atoms with Crippen molar-refractivity contribution in [2.75, 3.05) is 0 Å². The average molecular weight is 279 g/mol. The Labute approximate surface area is 112 Å². The van der Waals surface area contributed by atoms with Crippen molar-refractivity contribution >= 4 is 10.8 Å². The molecule has 0 unspecified atom stereocenters. The van der Waals surface area contributed by atoms with Gasteiger partial charge in [-0.1, -0.05) is 30.3 Å². The zero-order chi connectivity index (χ0) is 14.3. The fourth-order valence-electron chi connectivity index (χ4n) is 2.20. The Bertz CT molecular complexity index is 778. The number of nitrogens with zero attached hydrogens (tertiary/aromatic N) is 1. The minimum absolute atomic E-state index is 0.0890. The fraction of sp³-hybridized carbons (Fsp3) is 0.0667. The Kier molecular flexibility index (Phi) is 2.97. The minimum atomic E-state index is -1.37. The highest BCUT2D eigenvalue weighted by atomic mass is 19.2. The van der Waals surface area contributed by atoms with E-state index in [2.05, 4.69) is 0 Å². The Morgan fingerprint density at radius 3 is 2.20 bits per heavy atom. The quantitative estimate of drug-likeness (QED) is 0.618. The second-order valence-corrected chi connectivity index (χ2v) is 4.44. The second-order valence-electron chi connectivity index (χ2n) is 4.44. The second kappa shape index (κ2) is 4.67. The van der Waals surface area contributed by atoms with Crippen LogP contribution in [0.1, 0.15) is 5.56 Å². The van der Waals surface area contributed by atoms with E-state index in [1.807, 2.05) is 0 Å². The molecule has 1 aromatic heterocycles. The molecule has 3 rings (SSSR count). The normalized spacial score (nSPS) is 11.2. The Morgan fingerprint density at radius 2 is 1.50 bits per heavy atom. The molecule has 1 nitrogen and oxygen atoms in total. The number of aromatic nitrogens is 1. The van der Waals surface area contributed by atoms with E-state index in [-0.39, 0.29) is 11.9 Å². The summed E-state index contributed by atoms with van der Waals surface area (Å²) in [6, 6.07) is 10.4. The summed E-state index contributed by atoms with van der Waals surface area (Å²) >= 11 is 0. The molecule has 0 fully saturated rings. The first kappa shape index (κ1) is 12.7. The third-order valence-electron chi connectivity index (χ3n) is 3.18. The lowest BCUT2D eigenvalue weighted by molar-refractivity contribution is 0.443. The van der Waals surface area contributed by atoms with Gasteiger partial charge in [0.1, 0.15) is 0 Å². The molecule has 0 bridgehead atoms. The van der Waals surface area contributed by atoms with Gasteiger partial charge in [0.15, 0.2) is 11.6 Å². The van der Waals surface area contributed by atoms with Crippen molar-refractivity contribution < 1.29 is 17.6 Å². The Morgan fingerprint density at radius 1 is 0.800 bits per heavy atom. The van der Waals surface area contributed by atoms with Crippen LogP contribution in [0.25, 0.3) is 10.8 Å². The topological polar surface area (TPSA) is 4.93 Å². The van der Waals surface area contributed by atoms with Gasteiger partial charge in [0.25, 0.3) is 0 Å². The maximum Gasteiger partial charge on any atom is 0.207 e. The van der Waals surface area contributed by atoms with E-state index in [4.69, 9.17) is 0 Å². The van der Waals surface area contributed by atoms with E-state index >= 15 is 0 Å². The van der Waals surface area contributed by atoms with E-state index in [9.17, 15) is 17.6 Å². The van der Waals surface area contributed by atoms with Crippen molar-refractivity contribution in [3.8, 4) is 0 Å². The smallest absolute Gasteiger partial charge is 0.207 e. The number of hydrogen-bond acceptors (Lipinski definition) is 0. The summed E-state index contributed by atoms with van der Waals surface area (Å²) in [5.74, 6) is -4.60. The van der Waals surface area contributed by atoms with Crippen LogP contribution < -0.4 is 0 Å². The molecule has 0 saturated carbocycles. The van der Waals surface area contributed by atoms with Gasteiger partial charge in [0, 0.05) is 5.39 Å². The molecule has 0 radical (unpaired) electrons. The molecule has 0 aliphatic carbocycles. The van der Waals surface area contributed by atoms with Crippen LogP contribution in [-0.4, -0.2) is 4.57 Å². The summed E-state index contributed by atoms with van der Waals surface area (Å²) < 4.78 is 55.7. The summed E-state index contributed by atoms with van der Waals surface area (Å²) in [6.07, 6.45) is 0. The Balaban J connectivity index is 2.20. The molecule has 3 aromatic rings. The molecule has 5 heteroatoms. The zero-order valence-corrected chi connectivity index (χ0v) is 10.2. The van der Waals surface area contributed by atoms with Gasteiger partial charge < -0.3 is 0 Å². The summed E-state index contributed by atoms with van der Waals surface area (Å²) in [7, 11) is 0.